The molecule has 1 aromatic heterocycles. The molecule has 230 valence electrons. The molecule has 3 aliphatic heterocycles. The number of benzene rings is 1. The number of hydrogen-bond donors (Lipinski definition) is 4. The lowest BCUT2D eigenvalue weighted by Crippen LogP contribution is -2.59. The number of nitrogens with two attached hydrogens (primary N) is 1. The number of hydrazone groups is 1. The van der Waals surface area contributed by atoms with E-state index in [1.54, 1.807) is 13.1 Å². The Bertz CT molecular complexity index is 1440. The smallest absolute Gasteiger partial charge is 0.422 e. The molecule has 0 radical (unpaired) electrons. The summed E-state index contributed by atoms with van der Waals surface area (Å²) in [7, 11) is 1.63. The van der Waals surface area contributed by atoms with E-state index in [-0.39, 0.29) is 30.3 Å². The van der Waals surface area contributed by atoms with Crippen molar-refractivity contribution < 1.29 is 47.2 Å². The molecular weight excluding hydrogens is 579 g/mol. The number of hydrazine groups is 1. The van der Waals surface area contributed by atoms with E-state index < -0.39 is 48.6 Å². The molecule has 2 amide bonds. The lowest BCUT2D eigenvalue weighted by molar-refractivity contribution is -0.153. The van der Waals surface area contributed by atoms with Gasteiger partial charge in [0.1, 0.15) is 23.6 Å². The second-order valence-electron chi connectivity index (χ2n) is 9.50. The first-order chi connectivity index (χ1) is 20.4. The van der Waals surface area contributed by atoms with Crippen molar-refractivity contribution in [2.24, 2.45) is 23.8 Å². The van der Waals surface area contributed by atoms with Gasteiger partial charge in [-0.1, -0.05) is 0 Å². The third kappa shape index (κ3) is 7.49. The Morgan fingerprint density at radius 2 is 1.95 bits per heavy atom. The average Bonchev–Trinajstić information content (AvgIpc) is 3.59. The number of hydrogen-bond acceptors (Lipinski definition) is 10. The fourth-order valence-electron chi connectivity index (χ4n) is 4.34. The van der Waals surface area contributed by atoms with Gasteiger partial charge in [0, 0.05) is 18.8 Å². The first-order valence-electron chi connectivity index (χ1n) is 12.7. The number of carbonyl (C=O) groups is 3. The molecule has 5 N–H and O–H groups in total. The number of nitrogens with one attached hydrogen (secondary N) is 1. The zero-order valence-corrected chi connectivity index (χ0v) is 22.6. The number of ether oxygens (including phenoxy) is 2. The summed E-state index contributed by atoms with van der Waals surface area (Å²) in [5.74, 6) is -4.14. The molecule has 3 atom stereocenters. The maximum absolute atomic E-state index is 13.2. The minimum absolute atomic E-state index is 0.0100. The Labute approximate surface area is 242 Å². The van der Waals surface area contributed by atoms with Gasteiger partial charge in [0.15, 0.2) is 12.5 Å². The Balaban J connectivity index is 0.000000403. The quantitative estimate of drug-likeness (QED) is 0.322. The summed E-state index contributed by atoms with van der Waals surface area (Å²) < 4.78 is 48.9. The number of aliphatic hydroxyl groups is 1. The number of carboxylic acids is 1. The topological polar surface area (TPSA) is 185 Å². The Kier molecular flexibility index (Phi) is 9.35. The number of nitrogens with zero attached hydrogens (tertiary/aromatic N) is 5. The molecule has 14 nitrogen and oxygen atoms in total. The van der Waals surface area contributed by atoms with Gasteiger partial charge in [0.25, 0.3) is 5.91 Å². The highest BCUT2D eigenvalue weighted by molar-refractivity contribution is 6.10. The molecule has 1 fully saturated rings. The van der Waals surface area contributed by atoms with Gasteiger partial charge in [0.05, 0.1) is 37.8 Å². The van der Waals surface area contributed by atoms with Crippen LogP contribution in [0.5, 0.6) is 5.75 Å². The number of alkyl halides is 3. The number of aliphatic hydroxyl groups excluding tert-OH is 1. The Morgan fingerprint density at radius 3 is 2.44 bits per heavy atom. The zero-order valence-electron chi connectivity index (χ0n) is 22.6. The van der Waals surface area contributed by atoms with Crippen LogP contribution in [0.2, 0.25) is 0 Å². The molecular formula is C26H28F3N7O7. The van der Waals surface area contributed by atoms with Gasteiger partial charge in [-0.05, 0) is 42.0 Å². The first kappa shape index (κ1) is 31.0. The van der Waals surface area contributed by atoms with E-state index in [1.165, 1.54) is 58.6 Å². The van der Waals surface area contributed by atoms with Crippen molar-refractivity contribution in [3.05, 3.63) is 59.9 Å². The molecule has 0 spiro atoms. The lowest BCUT2D eigenvalue weighted by Gasteiger charge is -2.45. The van der Waals surface area contributed by atoms with E-state index >= 15 is 0 Å². The van der Waals surface area contributed by atoms with E-state index in [2.05, 4.69) is 15.6 Å². The number of rotatable bonds is 7. The van der Waals surface area contributed by atoms with Crippen molar-refractivity contribution in [1.82, 2.24) is 20.2 Å². The van der Waals surface area contributed by atoms with Gasteiger partial charge in [0.2, 0.25) is 5.91 Å². The predicted octanol–water partition coefficient (Wildman–Crippen LogP) is 0.414. The number of halogens is 3. The molecule has 5 rings (SSSR count). The summed E-state index contributed by atoms with van der Waals surface area (Å²) in [6, 6.07) is 4.77. The van der Waals surface area contributed by atoms with E-state index in [0.29, 0.717) is 17.7 Å². The van der Waals surface area contributed by atoms with Gasteiger partial charge >= 0.3 is 12.1 Å². The number of amides is 2. The van der Waals surface area contributed by atoms with Gasteiger partial charge in [-0.15, -0.1) is 0 Å². The molecule has 17 heteroatoms. The zero-order chi connectivity index (χ0) is 31.3. The van der Waals surface area contributed by atoms with E-state index in [1.807, 2.05) is 0 Å². The highest BCUT2D eigenvalue weighted by Crippen LogP contribution is 2.37. The van der Waals surface area contributed by atoms with Crippen LogP contribution in [-0.4, -0.2) is 93.7 Å². The maximum atomic E-state index is 13.2. The van der Waals surface area contributed by atoms with Crippen LogP contribution in [0.4, 0.5) is 18.9 Å². The second-order valence-corrected chi connectivity index (χ2v) is 9.50. The van der Waals surface area contributed by atoms with Crippen molar-refractivity contribution >= 4 is 35.4 Å². The number of primary amides is 1. The third-order valence-electron chi connectivity index (χ3n) is 6.38. The van der Waals surface area contributed by atoms with Crippen molar-refractivity contribution in [3.63, 3.8) is 0 Å². The number of aryl methyl sites for hydroxylation is 1. The van der Waals surface area contributed by atoms with Crippen molar-refractivity contribution in [1.29, 1.82) is 0 Å². The van der Waals surface area contributed by atoms with Crippen LogP contribution in [-0.2, 0) is 26.2 Å². The van der Waals surface area contributed by atoms with Crippen LogP contribution in [0.3, 0.4) is 0 Å². The first-order valence-corrected chi connectivity index (χ1v) is 12.7. The van der Waals surface area contributed by atoms with E-state index in [4.69, 9.17) is 15.2 Å². The maximum Gasteiger partial charge on any atom is 0.422 e. The Hall–Kier alpha value is -4.90. The molecule has 0 bridgehead atoms. The molecule has 2 aromatic rings. The predicted molar refractivity (Wildman–Crippen MR) is 144 cm³/mol. The second kappa shape index (κ2) is 13.0. The van der Waals surface area contributed by atoms with Crippen LogP contribution < -0.4 is 20.9 Å². The number of aliphatic carboxylic acids is 1. The van der Waals surface area contributed by atoms with Gasteiger partial charge in [-0.25, -0.2) is 5.01 Å². The van der Waals surface area contributed by atoms with Crippen LogP contribution >= 0.6 is 0 Å². The fourth-order valence-corrected chi connectivity index (χ4v) is 4.34. The van der Waals surface area contributed by atoms with Crippen LogP contribution in [0, 0.1) is 5.92 Å². The molecule has 1 saturated heterocycles. The van der Waals surface area contributed by atoms with Crippen molar-refractivity contribution in [2.45, 2.75) is 18.3 Å². The van der Waals surface area contributed by atoms with E-state index in [0.717, 1.165) is 5.01 Å². The molecule has 3 aliphatic rings. The summed E-state index contributed by atoms with van der Waals surface area (Å²) in [5.41, 5.74) is 9.06. The number of anilines is 1. The monoisotopic (exact) mass is 607 g/mol. The number of carboxylic acid groups (broad SMARTS) is 1. The molecule has 1 unspecified atom stereocenters. The number of carbonyl (C=O) groups excluding carboxylic acids is 2. The van der Waals surface area contributed by atoms with Crippen LogP contribution in [0.15, 0.2) is 59.5 Å². The normalized spacial score (nSPS) is 21.8. The largest absolute Gasteiger partial charge is 0.484 e. The summed E-state index contributed by atoms with van der Waals surface area (Å²) >= 11 is 0. The molecule has 43 heavy (non-hydrogen) atoms. The van der Waals surface area contributed by atoms with Crippen LogP contribution in [0.25, 0.3) is 5.70 Å². The summed E-state index contributed by atoms with van der Waals surface area (Å²) in [6.45, 7) is -0.966. The fraction of sp³-hybridized carbons (Fsp3) is 0.346. The average molecular weight is 608 g/mol. The Morgan fingerprint density at radius 1 is 1.23 bits per heavy atom. The summed E-state index contributed by atoms with van der Waals surface area (Å²) in [4.78, 5) is 35.6. The minimum atomic E-state index is -4.50. The molecule has 4 heterocycles. The summed E-state index contributed by atoms with van der Waals surface area (Å²) in [6.07, 6.45) is 1.74. The number of allylic oxidation sites excluding steroid dienone is 1. The van der Waals surface area contributed by atoms with Gasteiger partial charge < -0.3 is 30.8 Å². The number of aromatic nitrogens is 2. The van der Waals surface area contributed by atoms with Crippen molar-refractivity contribution in [3.8, 4) is 5.75 Å². The van der Waals surface area contributed by atoms with Gasteiger partial charge in [-0.3, -0.25) is 24.1 Å². The minimum Gasteiger partial charge on any atom is -0.484 e. The lowest BCUT2D eigenvalue weighted by atomic mass is 9.98. The van der Waals surface area contributed by atoms with Crippen molar-refractivity contribution in [2.75, 3.05) is 31.4 Å². The third-order valence-corrected chi connectivity index (χ3v) is 6.38. The highest BCUT2D eigenvalue weighted by atomic mass is 19.4. The van der Waals surface area contributed by atoms with Crippen LogP contribution in [0.1, 0.15) is 5.56 Å². The SMILES string of the molecule is Cn1cc(N2C(=O)C(C(=O)O)C=C(c3ccc(OCC(F)(F)F)cc3)N2[C@@H]2COC[C@@H]2O)cn1.NC(=O)C1=CC=NNC1. The molecule has 1 aromatic carbocycles. The summed E-state index contributed by atoms with van der Waals surface area (Å²) in [5, 5.41) is 30.5. The molecule has 0 aliphatic carbocycles. The highest BCUT2D eigenvalue weighted by Gasteiger charge is 2.46. The van der Waals surface area contributed by atoms with Gasteiger partial charge in [-0.2, -0.15) is 23.4 Å². The molecule has 0 saturated carbocycles. The standard InChI is InChI=1S/C21H21F3N4O6.C5H7N3O/c1-26-8-13(7-25-26)27-19(30)15(20(31)32)6-16(28(27)17-9-33-10-18(17)29)12-2-4-14(5-3-12)34-11-21(22,23)24;6-5(9)4-1-2-7-8-3-4/h2-8,15,17-18,29H,9-11H2,1H3,(H,31,32);1-2,8H,3H2,(H2,6,9)/t15?,17-,18+;/m1./s1. The van der Waals surface area contributed by atoms with E-state index in [9.17, 15) is 37.8 Å².